The fraction of sp³-hybridized carbons (Fsp3) is 0.667. The molecule has 0 radical (unpaired) electrons. The molecule has 5 heteroatoms. The van der Waals surface area contributed by atoms with Gasteiger partial charge < -0.3 is 14.3 Å². The molecule has 0 aliphatic carbocycles. The Kier molecular flexibility index (Phi) is 21.0. The Hall–Kier alpha value is -2.14. The summed E-state index contributed by atoms with van der Waals surface area (Å²) < 4.78 is 5.99. The summed E-state index contributed by atoms with van der Waals surface area (Å²) in [5, 5.41) is 9.04. The van der Waals surface area contributed by atoms with E-state index < -0.39 is 12.1 Å². The normalized spacial score (nSPS) is 13.5. The standard InChI is InChI=1S/C30H51NO4/c1-5-6-7-8-9-10-11-12-13-14-15-16-17-18-19-20-21-22-23-24-25-30(34)35-28(26-29(32)33)27-31(2,3)4/h6-7,9-10,12-13,15-16,28H,5,8,11,14,17-27H2,1-4H3/p+1/b7-6+,10-9+,13-12+,16-15+. The molecular weight excluding hydrogens is 438 g/mol. The first-order valence-electron chi connectivity index (χ1n) is 13.6. The van der Waals surface area contributed by atoms with E-state index in [0.29, 0.717) is 17.4 Å². The summed E-state index contributed by atoms with van der Waals surface area (Å²) in [5.74, 6) is -1.21. The van der Waals surface area contributed by atoms with Gasteiger partial charge in [-0.3, -0.25) is 9.59 Å². The number of aliphatic carboxylic acids is 1. The van der Waals surface area contributed by atoms with E-state index in [1.54, 1.807) is 0 Å². The summed E-state index contributed by atoms with van der Waals surface area (Å²) in [6.45, 7) is 2.65. The number of carboxylic acid groups (broad SMARTS) is 1. The summed E-state index contributed by atoms with van der Waals surface area (Å²) in [7, 11) is 5.89. The lowest BCUT2D eigenvalue weighted by molar-refractivity contribution is -0.873. The molecule has 1 unspecified atom stereocenters. The molecule has 1 atom stereocenters. The maximum absolute atomic E-state index is 12.1. The van der Waals surface area contributed by atoms with Crippen molar-refractivity contribution in [3.8, 4) is 0 Å². The van der Waals surface area contributed by atoms with Crippen LogP contribution in [0.2, 0.25) is 0 Å². The first-order chi connectivity index (χ1) is 16.7. The maximum Gasteiger partial charge on any atom is 0.307 e. The number of ether oxygens (including phenoxy) is 1. The van der Waals surface area contributed by atoms with Crippen molar-refractivity contribution in [2.75, 3.05) is 27.7 Å². The van der Waals surface area contributed by atoms with Crippen LogP contribution in [0.25, 0.3) is 0 Å². The van der Waals surface area contributed by atoms with Crippen LogP contribution in [0.3, 0.4) is 0 Å². The zero-order chi connectivity index (χ0) is 26.2. The van der Waals surface area contributed by atoms with Gasteiger partial charge in [-0.2, -0.15) is 0 Å². The predicted octanol–water partition coefficient (Wildman–Crippen LogP) is 7.40. The van der Waals surface area contributed by atoms with Gasteiger partial charge in [0.05, 0.1) is 27.6 Å². The Balaban J connectivity index is 3.64. The quantitative estimate of drug-likeness (QED) is 0.0743. The molecule has 0 saturated heterocycles. The number of carboxylic acids is 1. The van der Waals surface area contributed by atoms with Gasteiger partial charge in [0, 0.05) is 6.42 Å². The monoisotopic (exact) mass is 490 g/mol. The average molecular weight is 491 g/mol. The van der Waals surface area contributed by atoms with Crippen molar-refractivity contribution in [3.05, 3.63) is 48.6 Å². The third-order valence-electron chi connectivity index (χ3n) is 5.42. The van der Waals surface area contributed by atoms with Crippen molar-refractivity contribution in [2.45, 2.75) is 103 Å². The fourth-order valence-electron chi connectivity index (χ4n) is 3.71. The molecule has 0 fully saturated rings. The topological polar surface area (TPSA) is 63.6 Å². The van der Waals surface area contributed by atoms with Gasteiger partial charge in [0.25, 0.3) is 0 Å². The highest BCUT2D eigenvalue weighted by molar-refractivity contribution is 5.71. The number of carbonyl (C=O) groups is 2. The van der Waals surface area contributed by atoms with E-state index in [9.17, 15) is 9.59 Å². The molecule has 0 saturated carbocycles. The minimum atomic E-state index is -0.932. The van der Waals surface area contributed by atoms with Crippen LogP contribution < -0.4 is 0 Å². The molecule has 200 valence electrons. The van der Waals surface area contributed by atoms with Crippen molar-refractivity contribution in [1.82, 2.24) is 0 Å². The minimum absolute atomic E-state index is 0.137. The van der Waals surface area contributed by atoms with E-state index in [-0.39, 0.29) is 12.4 Å². The lowest BCUT2D eigenvalue weighted by Gasteiger charge is -2.28. The van der Waals surface area contributed by atoms with Crippen LogP contribution in [-0.4, -0.2) is 55.3 Å². The molecule has 0 aromatic rings. The maximum atomic E-state index is 12.1. The molecule has 0 aliphatic rings. The number of carbonyl (C=O) groups excluding carboxylic acids is 1. The van der Waals surface area contributed by atoms with Gasteiger partial charge in [-0.1, -0.05) is 87.6 Å². The van der Waals surface area contributed by atoms with E-state index in [2.05, 4.69) is 55.5 Å². The molecule has 0 amide bonds. The van der Waals surface area contributed by atoms with Gasteiger partial charge in [-0.25, -0.2) is 0 Å². The second-order valence-corrected chi connectivity index (χ2v) is 10.2. The second-order valence-electron chi connectivity index (χ2n) is 10.2. The largest absolute Gasteiger partial charge is 0.481 e. The number of nitrogens with zero attached hydrogens (tertiary/aromatic N) is 1. The summed E-state index contributed by atoms with van der Waals surface area (Å²) in [5.41, 5.74) is 0. The average Bonchev–Trinajstić information content (AvgIpc) is 2.76. The summed E-state index contributed by atoms with van der Waals surface area (Å²) in [4.78, 5) is 23.1. The van der Waals surface area contributed by atoms with E-state index in [4.69, 9.17) is 9.84 Å². The summed E-state index contributed by atoms with van der Waals surface area (Å²) in [6.07, 6.45) is 30.7. The molecule has 0 heterocycles. The van der Waals surface area contributed by atoms with Gasteiger partial charge in [0.2, 0.25) is 0 Å². The Morgan fingerprint density at radius 2 is 1.23 bits per heavy atom. The van der Waals surface area contributed by atoms with Crippen LogP contribution in [0, 0.1) is 0 Å². The zero-order valence-corrected chi connectivity index (χ0v) is 22.9. The lowest BCUT2D eigenvalue weighted by atomic mass is 10.1. The predicted molar refractivity (Wildman–Crippen MR) is 147 cm³/mol. The van der Waals surface area contributed by atoms with Crippen LogP contribution in [-0.2, 0) is 14.3 Å². The van der Waals surface area contributed by atoms with Crippen molar-refractivity contribution in [2.24, 2.45) is 0 Å². The van der Waals surface area contributed by atoms with E-state index in [1.165, 1.54) is 25.7 Å². The third kappa shape index (κ3) is 26.3. The Morgan fingerprint density at radius 1 is 0.743 bits per heavy atom. The number of allylic oxidation sites excluding steroid dienone is 8. The van der Waals surface area contributed by atoms with Crippen LogP contribution in [0.4, 0.5) is 0 Å². The highest BCUT2D eigenvalue weighted by Crippen LogP contribution is 2.12. The number of quaternary nitrogens is 1. The Labute approximate surface area is 215 Å². The lowest BCUT2D eigenvalue weighted by Crippen LogP contribution is -2.43. The number of unbranched alkanes of at least 4 members (excludes halogenated alkanes) is 7. The van der Waals surface area contributed by atoms with Gasteiger partial charge in [0.15, 0.2) is 6.10 Å². The van der Waals surface area contributed by atoms with Gasteiger partial charge in [0.1, 0.15) is 6.54 Å². The second kappa shape index (κ2) is 22.3. The number of hydrogen-bond acceptors (Lipinski definition) is 3. The molecule has 35 heavy (non-hydrogen) atoms. The number of likely N-dealkylation sites (N-methyl/N-ethyl adjacent to an activating group) is 1. The highest BCUT2D eigenvalue weighted by Gasteiger charge is 2.24. The summed E-state index contributed by atoms with van der Waals surface area (Å²) in [6, 6.07) is 0. The van der Waals surface area contributed by atoms with E-state index >= 15 is 0 Å². The number of rotatable bonds is 22. The van der Waals surface area contributed by atoms with Crippen LogP contribution in [0.15, 0.2) is 48.6 Å². The zero-order valence-electron chi connectivity index (χ0n) is 22.9. The molecule has 0 aliphatic heterocycles. The summed E-state index contributed by atoms with van der Waals surface area (Å²) >= 11 is 0. The van der Waals surface area contributed by atoms with Gasteiger partial charge >= 0.3 is 11.9 Å². The van der Waals surface area contributed by atoms with Crippen molar-refractivity contribution < 1.29 is 23.9 Å². The third-order valence-corrected chi connectivity index (χ3v) is 5.42. The highest BCUT2D eigenvalue weighted by atomic mass is 16.5. The SMILES string of the molecule is CC/C=C/C/C=C/C/C=C/C/C=C/CCCCCCCCCC(=O)OC(CC(=O)O)C[N+](C)(C)C. The van der Waals surface area contributed by atoms with E-state index in [0.717, 1.165) is 51.4 Å². The molecular formula is C30H52NO4+. The fourth-order valence-corrected chi connectivity index (χ4v) is 3.71. The van der Waals surface area contributed by atoms with Crippen molar-refractivity contribution in [1.29, 1.82) is 0 Å². The molecule has 0 aromatic carbocycles. The molecule has 0 rings (SSSR count). The molecule has 0 spiro atoms. The Bertz CT molecular complexity index is 656. The number of esters is 1. The first kappa shape index (κ1) is 32.9. The van der Waals surface area contributed by atoms with Crippen molar-refractivity contribution >= 4 is 11.9 Å². The van der Waals surface area contributed by atoms with Crippen LogP contribution >= 0.6 is 0 Å². The molecule has 5 nitrogen and oxygen atoms in total. The molecule has 0 aromatic heterocycles. The van der Waals surface area contributed by atoms with E-state index in [1.807, 2.05) is 21.1 Å². The minimum Gasteiger partial charge on any atom is -0.481 e. The smallest absolute Gasteiger partial charge is 0.307 e. The molecule has 1 N–H and O–H groups in total. The molecule has 0 bridgehead atoms. The van der Waals surface area contributed by atoms with Crippen LogP contribution in [0.1, 0.15) is 96.8 Å². The first-order valence-corrected chi connectivity index (χ1v) is 13.6. The van der Waals surface area contributed by atoms with Gasteiger partial charge in [-0.05, 0) is 44.9 Å². The van der Waals surface area contributed by atoms with Crippen LogP contribution in [0.5, 0.6) is 0 Å². The Morgan fingerprint density at radius 3 is 1.74 bits per heavy atom. The van der Waals surface area contributed by atoms with Gasteiger partial charge in [-0.15, -0.1) is 0 Å². The number of hydrogen-bond donors (Lipinski definition) is 1. The van der Waals surface area contributed by atoms with Crippen molar-refractivity contribution in [3.63, 3.8) is 0 Å².